The second-order valence-electron chi connectivity index (χ2n) is 9.61. The molecule has 1 unspecified atom stereocenters. The van der Waals surface area contributed by atoms with Crippen LogP contribution in [0.25, 0.3) is 11.1 Å². The largest absolute Gasteiger partial charge is 0.381 e. The summed E-state index contributed by atoms with van der Waals surface area (Å²) in [5, 5.41) is 6.32. The van der Waals surface area contributed by atoms with Crippen molar-refractivity contribution in [3.8, 4) is 11.1 Å². The fraction of sp³-hybridized carbons (Fsp3) is 0.250. The fourth-order valence-corrected chi connectivity index (χ4v) is 5.04. The minimum atomic E-state index is -0.556. The highest BCUT2D eigenvalue weighted by atomic mass is 16.2. The van der Waals surface area contributed by atoms with E-state index in [2.05, 4.69) is 34.9 Å². The molecule has 1 saturated heterocycles. The average molecular weight is 467 g/mol. The SMILES string of the molecule is NC(=O)c1ccc(NC2CC2)c(NC(=O)C2CC(=O)N(c3ccc4c(c3)Cc3ccccc3-4)C2)c1. The summed E-state index contributed by atoms with van der Waals surface area (Å²) in [5.41, 5.74) is 12.8. The van der Waals surface area contributed by atoms with Crippen LogP contribution in [0.2, 0.25) is 0 Å². The number of nitrogens with zero attached hydrogens (tertiary/aromatic N) is 1. The maximum absolute atomic E-state index is 13.2. The van der Waals surface area contributed by atoms with Crippen LogP contribution in [0.4, 0.5) is 17.1 Å². The highest BCUT2D eigenvalue weighted by molar-refractivity contribution is 6.05. The number of benzene rings is 3. The molecule has 1 aliphatic heterocycles. The van der Waals surface area contributed by atoms with Crippen LogP contribution in [-0.2, 0) is 16.0 Å². The number of hydrogen-bond donors (Lipinski definition) is 3. The monoisotopic (exact) mass is 466 g/mol. The maximum Gasteiger partial charge on any atom is 0.248 e. The van der Waals surface area contributed by atoms with Gasteiger partial charge in [0.2, 0.25) is 17.7 Å². The number of anilines is 3. The van der Waals surface area contributed by atoms with Crippen molar-refractivity contribution in [3.05, 3.63) is 77.4 Å². The van der Waals surface area contributed by atoms with Crippen LogP contribution in [0.15, 0.2) is 60.7 Å². The van der Waals surface area contributed by atoms with Crippen LogP contribution in [0.3, 0.4) is 0 Å². The van der Waals surface area contributed by atoms with E-state index in [1.807, 2.05) is 18.2 Å². The quantitative estimate of drug-likeness (QED) is 0.401. The predicted molar refractivity (Wildman–Crippen MR) is 135 cm³/mol. The van der Waals surface area contributed by atoms with Gasteiger partial charge in [0.1, 0.15) is 0 Å². The second-order valence-corrected chi connectivity index (χ2v) is 9.61. The number of hydrogen-bond acceptors (Lipinski definition) is 4. The molecular weight excluding hydrogens is 440 g/mol. The molecule has 3 aromatic rings. The fourth-order valence-electron chi connectivity index (χ4n) is 5.04. The third-order valence-corrected chi connectivity index (χ3v) is 7.08. The van der Waals surface area contributed by atoms with E-state index in [4.69, 9.17) is 5.73 Å². The first-order valence-corrected chi connectivity index (χ1v) is 12.0. The molecule has 1 saturated carbocycles. The van der Waals surface area contributed by atoms with E-state index in [0.717, 1.165) is 30.6 Å². The summed E-state index contributed by atoms with van der Waals surface area (Å²) < 4.78 is 0. The summed E-state index contributed by atoms with van der Waals surface area (Å²) in [6, 6.07) is 19.8. The Bertz CT molecular complexity index is 1380. The molecule has 2 fully saturated rings. The van der Waals surface area contributed by atoms with Crippen molar-refractivity contribution in [1.29, 1.82) is 0 Å². The lowest BCUT2D eigenvalue weighted by Crippen LogP contribution is -2.28. The average Bonchev–Trinajstić information content (AvgIpc) is 3.46. The summed E-state index contributed by atoms with van der Waals surface area (Å²) in [7, 11) is 0. The molecule has 3 amide bonds. The summed E-state index contributed by atoms with van der Waals surface area (Å²) >= 11 is 0. The highest BCUT2D eigenvalue weighted by Crippen LogP contribution is 2.39. The van der Waals surface area contributed by atoms with E-state index in [0.29, 0.717) is 23.8 Å². The zero-order valence-corrected chi connectivity index (χ0v) is 19.2. The Labute approximate surface area is 203 Å². The van der Waals surface area contributed by atoms with Gasteiger partial charge < -0.3 is 21.3 Å². The van der Waals surface area contributed by atoms with Crippen LogP contribution in [-0.4, -0.2) is 30.3 Å². The lowest BCUT2D eigenvalue weighted by molar-refractivity contribution is -0.122. The number of nitrogens with one attached hydrogen (secondary N) is 2. The number of primary amides is 1. The molecule has 0 radical (unpaired) electrons. The summed E-state index contributed by atoms with van der Waals surface area (Å²) in [5.74, 6) is -1.35. The van der Waals surface area contributed by atoms with Gasteiger partial charge in [-0.1, -0.05) is 30.3 Å². The number of carbonyl (C=O) groups is 3. The van der Waals surface area contributed by atoms with Gasteiger partial charge in [-0.3, -0.25) is 14.4 Å². The van der Waals surface area contributed by atoms with Crippen molar-refractivity contribution in [2.75, 3.05) is 22.1 Å². The third kappa shape index (κ3) is 4.03. The van der Waals surface area contributed by atoms with Crippen LogP contribution >= 0.6 is 0 Å². The lowest BCUT2D eigenvalue weighted by Gasteiger charge is -2.19. The van der Waals surface area contributed by atoms with Gasteiger partial charge in [-0.05, 0) is 71.8 Å². The summed E-state index contributed by atoms with van der Waals surface area (Å²) in [6.45, 7) is 0.317. The van der Waals surface area contributed by atoms with Gasteiger partial charge in [0, 0.05) is 30.3 Å². The number of amides is 3. The molecule has 0 bridgehead atoms. The Balaban J connectivity index is 1.19. The Kier molecular flexibility index (Phi) is 5.06. The molecule has 6 rings (SSSR count). The van der Waals surface area contributed by atoms with Gasteiger partial charge in [0.25, 0.3) is 0 Å². The third-order valence-electron chi connectivity index (χ3n) is 7.08. The number of carbonyl (C=O) groups excluding carboxylic acids is 3. The van der Waals surface area contributed by atoms with Crippen molar-refractivity contribution >= 4 is 34.8 Å². The first kappa shape index (κ1) is 21.4. The van der Waals surface area contributed by atoms with Crippen LogP contribution < -0.4 is 21.3 Å². The molecule has 7 heteroatoms. The van der Waals surface area contributed by atoms with E-state index >= 15 is 0 Å². The van der Waals surface area contributed by atoms with Gasteiger partial charge in [0.15, 0.2) is 0 Å². The lowest BCUT2D eigenvalue weighted by atomic mass is 10.1. The number of rotatable bonds is 6. The van der Waals surface area contributed by atoms with E-state index < -0.39 is 11.8 Å². The van der Waals surface area contributed by atoms with Crippen LogP contribution in [0.1, 0.15) is 40.7 Å². The zero-order chi connectivity index (χ0) is 24.1. The highest BCUT2D eigenvalue weighted by Gasteiger charge is 2.36. The molecule has 4 N–H and O–H groups in total. The number of nitrogens with two attached hydrogens (primary N) is 1. The van der Waals surface area contributed by atoms with Gasteiger partial charge in [-0.15, -0.1) is 0 Å². The van der Waals surface area contributed by atoms with Gasteiger partial charge >= 0.3 is 0 Å². The van der Waals surface area contributed by atoms with E-state index in [-0.39, 0.29) is 18.2 Å². The topological polar surface area (TPSA) is 105 Å². The summed E-state index contributed by atoms with van der Waals surface area (Å²) in [6.07, 6.45) is 3.13. The molecule has 0 spiro atoms. The molecule has 2 aliphatic carbocycles. The van der Waals surface area contributed by atoms with E-state index in [1.165, 1.54) is 22.3 Å². The zero-order valence-electron chi connectivity index (χ0n) is 19.2. The number of fused-ring (bicyclic) bond motifs is 3. The van der Waals surface area contributed by atoms with Crippen molar-refractivity contribution in [2.24, 2.45) is 11.7 Å². The Morgan fingerprint density at radius 1 is 0.914 bits per heavy atom. The predicted octanol–water partition coefficient (Wildman–Crippen LogP) is 3.92. The standard InChI is InChI=1S/C28H26N4O3/c29-27(34)17-5-10-24(30-20-6-7-20)25(13-17)31-28(35)19-14-26(33)32(15-19)21-8-9-23-18(12-21)11-16-3-1-2-4-22(16)23/h1-5,8-10,12-13,19-20,30H,6-7,11,14-15H2,(H2,29,34)(H,31,35). The van der Waals surface area contributed by atoms with Gasteiger partial charge in [-0.2, -0.15) is 0 Å². The molecular formula is C28H26N4O3. The van der Waals surface area contributed by atoms with Gasteiger partial charge in [-0.25, -0.2) is 0 Å². The molecule has 7 nitrogen and oxygen atoms in total. The summed E-state index contributed by atoms with van der Waals surface area (Å²) in [4.78, 5) is 39.5. The molecule has 1 heterocycles. The Hall–Kier alpha value is -4.13. The molecule has 3 aliphatic rings. The first-order chi connectivity index (χ1) is 17.0. The smallest absolute Gasteiger partial charge is 0.248 e. The maximum atomic E-state index is 13.2. The first-order valence-electron chi connectivity index (χ1n) is 12.0. The minimum Gasteiger partial charge on any atom is -0.381 e. The van der Waals surface area contributed by atoms with Crippen LogP contribution in [0.5, 0.6) is 0 Å². The van der Waals surface area contributed by atoms with Gasteiger partial charge in [0.05, 0.1) is 17.3 Å². The van der Waals surface area contributed by atoms with Crippen molar-refractivity contribution in [3.63, 3.8) is 0 Å². The minimum absolute atomic E-state index is 0.0668. The van der Waals surface area contributed by atoms with Crippen LogP contribution in [0, 0.1) is 5.92 Å². The molecule has 1 atom stereocenters. The second kappa shape index (κ2) is 8.27. The van der Waals surface area contributed by atoms with Crippen molar-refractivity contribution in [2.45, 2.75) is 31.7 Å². The molecule has 35 heavy (non-hydrogen) atoms. The molecule has 176 valence electrons. The van der Waals surface area contributed by atoms with Crippen molar-refractivity contribution in [1.82, 2.24) is 0 Å². The Morgan fingerprint density at radius 2 is 1.71 bits per heavy atom. The normalized spacial score (nSPS) is 18.2. The van der Waals surface area contributed by atoms with E-state index in [1.54, 1.807) is 23.1 Å². The molecule has 3 aromatic carbocycles. The van der Waals surface area contributed by atoms with Crippen molar-refractivity contribution < 1.29 is 14.4 Å². The molecule has 0 aromatic heterocycles. The van der Waals surface area contributed by atoms with E-state index in [9.17, 15) is 14.4 Å². The Morgan fingerprint density at radius 3 is 2.51 bits per heavy atom.